The summed E-state index contributed by atoms with van der Waals surface area (Å²) in [6.07, 6.45) is 8.15. The highest BCUT2D eigenvalue weighted by Gasteiger charge is 2.66. The topological polar surface area (TPSA) is 94.8 Å². The fourth-order valence-electron chi connectivity index (χ4n) is 10.3. The second-order valence-electron chi connectivity index (χ2n) is 13.3. The first kappa shape index (κ1) is 26.5. The number of carboxylic acids is 1. The average molecular weight is 489 g/mol. The zero-order chi connectivity index (χ0) is 25.9. The molecule has 0 saturated heterocycles. The van der Waals surface area contributed by atoms with E-state index in [9.17, 15) is 24.9 Å². The third-order valence-corrected chi connectivity index (χ3v) is 11.8. The molecule has 198 valence electrons. The number of ketones is 1. The molecule has 4 saturated carbocycles. The number of aliphatic carboxylic acids is 1. The summed E-state index contributed by atoms with van der Waals surface area (Å²) in [5.41, 5.74) is -0.392. The summed E-state index contributed by atoms with van der Waals surface area (Å²) in [4.78, 5) is 25.9. The van der Waals surface area contributed by atoms with Gasteiger partial charge in [0.2, 0.25) is 0 Å². The number of fused-ring (bicyclic) bond motifs is 7. The fourth-order valence-corrected chi connectivity index (χ4v) is 10.3. The van der Waals surface area contributed by atoms with E-state index < -0.39 is 5.97 Å². The summed E-state index contributed by atoms with van der Waals surface area (Å²) < 4.78 is 0. The quantitative estimate of drug-likeness (QED) is 0.379. The van der Waals surface area contributed by atoms with E-state index in [-0.39, 0.29) is 63.8 Å². The first-order chi connectivity index (χ1) is 16.4. The van der Waals surface area contributed by atoms with Gasteiger partial charge in [0.05, 0.1) is 6.42 Å². The molecule has 5 rings (SSSR count). The Kier molecular flexibility index (Phi) is 6.90. The molecule has 0 radical (unpaired) electrons. The second-order valence-corrected chi connectivity index (χ2v) is 13.3. The Morgan fingerprint density at radius 1 is 0.943 bits per heavy atom. The van der Waals surface area contributed by atoms with Crippen molar-refractivity contribution < 1.29 is 24.9 Å². The minimum absolute atomic E-state index is 0.0131. The number of rotatable bonds is 2. The monoisotopic (exact) mass is 488 g/mol. The van der Waals surface area contributed by atoms with E-state index in [1.807, 2.05) is 20.8 Å². The Morgan fingerprint density at radius 3 is 2.23 bits per heavy atom. The number of carbonyl (C=O) groups excluding carboxylic acids is 1. The van der Waals surface area contributed by atoms with Crippen LogP contribution in [0.4, 0.5) is 0 Å². The molecule has 5 nitrogen and oxygen atoms in total. The van der Waals surface area contributed by atoms with Crippen molar-refractivity contribution in [3.8, 4) is 0 Å². The normalized spacial score (nSPS) is 49.0. The van der Waals surface area contributed by atoms with Gasteiger partial charge in [-0.15, -0.1) is 0 Å². The average Bonchev–Trinajstić information content (AvgIpc) is 2.80. The maximum Gasteiger partial charge on any atom is 0.303 e. The third kappa shape index (κ3) is 3.85. The lowest BCUT2D eigenvalue weighted by molar-refractivity contribution is -0.194. The van der Waals surface area contributed by atoms with E-state index in [0.717, 1.165) is 44.9 Å². The van der Waals surface area contributed by atoms with E-state index in [4.69, 9.17) is 0 Å². The molecular weight excluding hydrogens is 440 g/mol. The van der Waals surface area contributed by atoms with Gasteiger partial charge in [-0.3, -0.25) is 9.59 Å². The molecule has 0 aromatic carbocycles. The molecule has 0 heterocycles. The lowest BCUT2D eigenvalue weighted by Crippen LogP contribution is -2.63. The lowest BCUT2D eigenvalue weighted by atomic mass is 9.36. The van der Waals surface area contributed by atoms with Crippen LogP contribution in [0.1, 0.15) is 106 Å². The number of aliphatic hydroxyl groups is 2. The summed E-state index contributed by atoms with van der Waals surface area (Å²) >= 11 is 0. The van der Waals surface area contributed by atoms with Crippen molar-refractivity contribution in [2.45, 2.75) is 106 Å². The van der Waals surface area contributed by atoms with E-state index in [1.54, 1.807) is 0 Å². The van der Waals surface area contributed by atoms with Gasteiger partial charge < -0.3 is 15.3 Å². The number of Topliss-reactive ketones (excluding diaryl/α,β-unsaturated/α-hetero) is 1. The molecule has 0 amide bonds. The molecule has 35 heavy (non-hydrogen) atoms. The number of carboxylic acid groups (broad SMARTS) is 1. The Hall–Kier alpha value is -1.52. The SMILES string of the molecule is CC.CC1CCC2(CC(=O)O)CCC3C(C(=O)CC4C5(C)CC(O)=C(O)C(C)C5CCC34C)C2C1. The molecule has 0 aromatic rings. The highest BCUT2D eigenvalue weighted by molar-refractivity contribution is 5.84. The molecule has 10 atom stereocenters. The van der Waals surface area contributed by atoms with Gasteiger partial charge in [0.15, 0.2) is 0 Å². The van der Waals surface area contributed by atoms with Crippen LogP contribution in [0.15, 0.2) is 11.5 Å². The van der Waals surface area contributed by atoms with Gasteiger partial charge in [-0.1, -0.05) is 48.0 Å². The van der Waals surface area contributed by atoms with Crippen LogP contribution in [0, 0.1) is 57.7 Å². The molecule has 4 fully saturated rings. The van der Waals surface area contributed by atoms with Crippen LogP contribution >= 0.6 is 0 Å². The van der Waals surface area contributed by atoms with Crippen LogP contribution < -0.4 is 0 Å². The van der Waals surface area contributed by atoms with E-state index >= 15 is 0 Å². The molecule has 5 aliphatic rings. The predicted octanol–water partition coefficient (Wildman–Crippen LogP) is 7.32. The number of hydrogen-bond donors (Lipinski definition) is 3. The predicted molar refractivity (Wildman–Crippen MR) is 137 cm³/mol. The van der Waals surface area contributed by atoms with E-state index in [1.165, 1.54) is 0 Å². The first-order valence-corrected chi connectivity index (χ1v) is 14.3. The van der Waals surface area contributed by atoms with Crippen molar-refractivity contribution in [1.29, 1.82) is 0 Å². The number of aliphatic hydroxyl groups excluding tert-OH is 2. The Morgan fingerprint density at radius 2 is 1.57 bits per heavy atom. The van der Waals surface area contributed by atoms with E-state index in [2.05, 4.69) is 20.8 Å². The second kappa shape index (κ2) is 9.10. The summed E-state index contributed by atoms with van der Waals surface area (Å²) in [7, 11) is 0. The van der Waals surface area contributed by atoms with Crippen molar-refractivity contribution in [2.24, 2.45) is 57.7 Å². The van der Waals surface area contributed by atoms with Gasteiger partial charge in [-0.2, -0.15) is 0 Å². The maximum atomic E-state index is 14.0. The van der Waals surface area contributed by atoms with Crippen molar-refractivity contribution in [3.05, 3.63) is 11.5 Å². The van der Waals surface area contributed by atoms with Crippen LogP contribution in [0.2, 0.25) is 0 Å². The highest BCUT2D eigenvalue weighted by Crippen LogP contribution is 2.71. The summed E-state index contributed by atoms with van der Waals surface area (Å²) in [5, 5.41) is 30.9. The smallest absolute Gasteiger partial charge is 0.303 e. The number of allylic oxidation sites excluding steroid dienone is 2. The first-order valence-electron chi connectivity index (χ1n) is 14.3. The molecule has 0 spiro atoms. The Balaban J connectivity index is 0.00000141. The van der Waals surface area contributed by atoms with Crippen molar-refractivity contribution in [1.82, 2.24) is 0 Å². The molecule has 0 aromatic heterocycles. The number of carbonyl (C=O) groups is 2. The molecule has 5 aliphatic carbocycles. The Bertz CT molecular complexity index is 893. The van der Waals surface area contributed by atoms with Gasteiger partial charge in [0, 0.05) is 24.7 Å². The van der Waals surface area contributed by atoms with Crippen molar-refractivity contribution >= 4 is 11.8 Å². The van der Waals surface area contributed by atoms with Crippen LogP contribution in [0.25, 0.3) is 0 Å². The molecule has 5 heteroatoms. The summed E-state index contributed by atoms with van der Waals surface area (Å²) in [6, 6.07) is 0. The molecular formula is C30H48O5. The molecule has 10 unspecified atom stereocenters. The summed E-state index contributed by atoms with van der Waals surface area (Å²) in [5.74, 6) is 1.32. The summed E-state index contributed by atoms with van der Waals surface area (Å²) in [6.45, 7) is 12.9. The van der Waals surface area contributed by atoms with Crippen molar-refractivity contribution in [3.63, 3.8) is 0 Å². The van der Waals surface area contributed by atoms with Crippen LogP contribution in [0.3, 0.4) is 0 Å². The van der Waals surface area contributed by atoms with Crippen LogP contribution in [-0.2, 0) is 9.59 Å². The standard InChI is InChI=1S/C28H42O5.C2H6/c1-15-5-9-28(14-23(31)32)10-7-18-24(19(28)11-15)20(29)12-22-26(18,3)8-6-17-16(2)25(33)21(30)13-27(17,22)4;1-2/h15-19,22,24,30,33H,5-14H2,1-4H3,(H,31,32);1-2H3. The maximum absolute atomic E-state index is 14.0. The zero-order valence-electron chi connectivity index (χ0n) is 22.8. The van der Waals surface area contributed by atoms with Gasteiger partial charge in [-0.25, -0.2) is 0 Å². The fraction of sp³-hybridized carbons (Fsp3) is 0.867. The van der Waals surface area contributed by atoms with Gasteiger partial charge in [0.1, 0.15) is 17.3 Å². The lowest BCUT2D eigenvalue weighted by Gasteiger charge is -2.67. The van der Waals surface area contributed by atoms with Gasteiger partial charge >= 0.3 is 5.97 Å². The van der Waals surface area contributed by atoms with Crippen LogP contribution in [0.5, 0.6) is 0 Å². The molecule has 0 bridgehead atoms. The van der Waals surface area contributed by atoms with E-state index in [0.29, 0.717) is 30.5 Å². The largest absolute Gasteiger partial charge is 0.509 e. The highest BCUT2D eigenvalue weighted by atomic mass is 16.4. The molecule has 0 aliphatic heterocycles. The minimum Gasteiger partial charge on any atom is -0.509 e. The van der Waals surface area contributed by atoms with Gasteiger partial charge in [-0.05, 0) is 84.4 Å². The Labute approximate surface area is 211 Å². The van der Waals surface area contributed by atoms with Crippen LogP contribution in [-0.4, -0.2) is 27.1 Å². The minimum atomic E-state index is -0.716. The molecule has 3 N–H and O–H groups in total. The zero-order valence-corrected chi connectivity index (χ0v) is 22.8. The third-order valence-electron chi connectivity index (χ3n) is 11.8. The van der Waals surface area contributed by atoms with Gasteiger partial charge in [0.25, 0.3) is 0 Å². The van der Waals surface area contributed by atoms with Crippen molar-refractivity contribution in [2.75, 3.05) is 0 Å². The number of hydrogen-bond acceptors (Lipinski definition) is 4.